The standard InChI is InChI=1S/C16H12F3N5O/c17-16(18,19)25-12-8-4-1-5-9(12)13-22-14(20)23-15-21-10-6-2-3-7-11(10)24(13)15/h1-8,13H,(H3,20,21,22,23). The molecular formula is C16H12F3N5O. The minimum Gasteiger partial charge on any atom is -0.405 e. The fourth-order valence-corrected chi connectivity index (χ4v) is 2.84. The Kier molecular flexibility index (Phi) is 3.31. The highest BCUT2D eigenvalue weighted by Crippen LogP contribution is 2.37. The summed E-state index contributed by atoms with van der Waals surface area (Å²) in [4.78, 5) is 8.68. The first-order valence-electron chi connectivity index (χ1n) is 7.34. The average molecular weight is 347 g/mol. The number of aromatic nitrogens is 2. The van der Waals surface area contributed by atoms with E-state index in [1.54, 1.807) is 16.7 Å². The summed E-state index contributed by atoms with van der Waals surface area (Å²) in [6.07, 6.45) is -5.64. The first kappa shape index (κ1) is 15.3. The molecule has 6 nitrogen and oxygen atoms in total. The maximum Gasteiger partial charge on any atom is 0.573 e. The van der Waals surface area contributed by atoms with Crippen LogP contribution in [0.2, 0.25) is 0 Å². The number of nitrogens with zero attached hydrogens (tertiary/aromatic N) is 3. The fraction of sp³-hybridized carbons (Fsp3) is 0.125. The largest absolute Gasteiger partial charge is 0.573 e. The monoisotopic (exact) mass is 347 g/mol. The topological polar surface area (TPSA) is 77.5 Å². The molecule has 3 N–H and O–H groups in total. The molecule has 0 spiro atoms. The molecule has 128 valence electrons. The van der Waals surface area contributed by atoms with E-state index in [9.17, 15) is 13.2 Å². The molecule has 1 aliphatic heterocycles. The molecule has 0 saturated heterocycles. The van der Waals surface area contributed by atoms with Crippen molar-refractivity contribution in [2.75, 3.05) is 5.32 Å². The summed E-state index contributed by atoms with van der Waals surface area (Å²) in [7, 11) is 0. The molecule has 9 heteroatoms. The summed E-state index contributed by atoms with van der Waals surface area (Å²) < 4.78 is 44.1. The van der Waals surface area contributed by atoms with Crippen molar-refractivity contribution < 1.29 is 17.9 Å². The van der Waals surface area contributed by atoms with Gasteiger partial charge in [0.25, 0.3) is 0 Å². The Morgan fingerprint density at radius 1 is 1.08 bits per heavy atom. The van der Waals surface area contributed by atoms with E-state index in [0.29, 0.717) is 17.0 Å². The van der Waals surface area contributed by atoms with Crippen molar-refractivity contribution in [2.24, 2.45) is 10.7 Å². The number of guanidine groups is 1. The Morgan fingerprint density at radius 2 is 1.80 bits per heavy atom. The Morgan fingerprint density at radius 3 is 2.60 bits per heavy atom. The number of anilines is 1. The van der Waals surface area contributed by atoms with Crippen molar-refractivity contribution in [1.29, 1.82) is 0 Å². The minimum atomic E-state index is -4.81. The van der Waals surface area contributed by atoms with Crippen LogP contribution in [0.3, 0.4) is 0 Å². The lowest BCUT2D eigenvalue weighted by Crippen LogP contribution is -2.32. The molecule has 2 heterocycles. The van der Waals surface area contributed by atoms with Gasteiger partial charge in [0.05, 0.1) is 11.0 Å². The van der Waals surface area contributed by atoms with E-state index in [1.807, 2.05) is 18.2 Å². The van der Waals surface area contributed by atoms with Gasteiger partial charge in [-0.05, 0) is 18.2 Å². The number of rotatable bonds is 2. The molecule has 0 amide bonds. The van der Waals surface area contributed by atoms with E-state index in [0.717, 1.165) is 0 Å². The summed E-state index contributed by atoms with van der Waals surface area (Å²) in [5.74, 6) is 0.136. The number of nitrogens with two attached hydrogens (primary N) is 1. The van der Waals surface area contributed by atoms with E-state index in [2.05, 4.69) is 20.0 Å². The lowest BCUT2D eigenvalue weighted by atomic mass is 10.1. The number of nitrogens with one attached hydrogen (secondary N) is 1. The van der Waals surface area contributed by atoms with Crippen molar-refractivity contribution >= 4 is 22.9 Å². The summed E-state index contributed by atoms with van der Waals surface area (Å²) >= 11 is 0. The van der Waals surface area contributed by atoms with Gasteiger partial charge in [0.1, 0.15) is 5.75 Å². The molecule has 1 unspecified atom stereocenters. The van der Waals surface area contributed by atoms with E-state index in [1.165, 1.54) is 18.2 Å². The van der Waals surface area contributed by atoms with Gasteiger partial charge in [0.2, 0.25) is 5.95 Å². The highest BCUT2D eigenvalue weighted by atomic mass is 19.4. The second kappa shape index (κ2) is 5.40. The van der Waals surface area contributed by atoms with Crippen LogP contribution in [0.25, 0.3) is 11.0 Å². The number of imidazole rings is 1. The van der Waals surface area contributed by atoms with E-state index in [-0.39, 0.29) is 17.3 Å². The molecular weight excluding hydrogens is 335 g/mol. The normalized spacial score (nSPS) is 16.9. The molecule has 1 aliphatic rings. The van der Waals surface area contributed by atoms with Crippen LogP contribution >= 0.6 is 0 Å². The Balaban J connectivity index is 1.91. The van der Waals surface area contributed by atoms with Crippen LogP contribution in [0.15, 0.2) is 53.5 Å². The zero-order valence-electron chi connectivity index (χ0n) is 12.7. The van der Waals surface area contributed by atoms with Crippen LogP contribution in [0.5, 0.6) is 5.75 Å². The molecule has 1 atom stereocenters. The number of hydrogen-bond donors (Lipinski definition) is 2. The van der Waals surface area contributed by atoms with Crippen molar-refractivity contribution in [3.05, 3.63) is 54.1 Å². The summed E-state index contributed by atoms with van der Waals surface area (Å²) in [6, 6.07) is 13.1. The Bertz CT molecular complexity index is 979. The molecule has 1 aromatic heterocycles. The average Bonchev–Trinajstić information content (AvgIpc) is 2.91. The molecule has 25 heavy (non-hydrogen) atoms. The maximum atomic E-state index is 12.7. The lowest BCUT2D eigenvalue weighted by molar-refractivity contribution is -0.275. The van der Waals surface area contributed by atoms with Gasteiger partial charge in [-0.2, -0.15) is 0 Å². The van der Waals surface area contributed by atoms with Crippen molar-refractivity contribution in [3.63, 3.8) is 0 Å². The van der Waals surface area contributed by atoms with Gasteiger partial charge in [-0.25, -0.2) is 9.98 Å². The molecule has 0 radical (unpaired) electrons. The molecule has 4 rings (SSSR count). The van der Waals surface area contributed by atoms with Gasteiger partial charge in [-0.15, -0.1) is 13.2 Å². The predicted molar refractivity (Wildman–Crippen MR) is 86.2 cm³/mol. The van der Waals surface area contributed by atoms with Crippen molar-refractivity contribution in [2.45, 2.75) is 12.5 Å². The third-order valence-corrected chi connectivity index (χ3v) is 3.76. The van der Waals surface area contributed by atoms with E-state index < -0.39 is 12.5 Å². The number of aliphatic imine (C=N–C) groups is 1. The van der Waals surface area contributed by atoms with Crippen molar-refractivity contribution in [1.82, 2.24) is 9.55 Å². The minimum absolute atomic E-state index is 0.0645. The molecule has 0 bridgehead atoms. The van der Waals surface area contributed by atoms with E-state index >= 15 is 0 Å². The number of alkyl halides is 3. The van der Waals surface area contributed by atoms with Crippen molar-refractivity contribution in [3.8, 4) is 5.75 Å². The third-order valence-electron chi connectivity index (χ3n) is 3.76. The third kappa shape index (κ3) is 2.73. The number of fused-ring (bicyclic) bond motifs is 3. The van der Waals surface area contributed by atoms with Gasteiger partial charge in [-0.3, -0.25) is 9.88 Å². The number of benzene rings is 2. The summed E-state index contributed by atoms with van der Waals surface area (Å²) in [5, 5.41) is 2.83. The highest BCUT2D eigenvalue weighted by molar-refractivity contribution is 5.94. The van der Waals surface area contributed by atoms with Gasteiger partial charge in [-0.1, -0.05) is 30.3 Å². The first-order chi connectivity index (χ1) is 11.9. The molecule has 3 aromatic rings. The van der Waals surface area contributed by atoms with Crippen LogP contribution in [0, 0.1) is 0 Å². The van der Waals surface area contributed by atoms with Gasteiger partial charge in [0.15, 0.2) is 12.1 Å². The van der Waals surface area contributed by atoms with Crippen LogP contribution in [-0.4, -0.2) is 21.9 Å². The maximum absolute atomic E-state index is 12.7. The van der Waals surface area contributed by atoms with Crippen LogP contribution in [0.4, 0.5) is 19.1 Å². The van der Waals surface area contributed by atoms with Crippen LogP contribution in [0.1, 0.15) is 11.7 Å². The Hall–Kier alpha value is -3.23. The van der Waals surface area contributed by atoms with Crippen LogP contribution < -0.4 is 15.8 Å². The second-order valence-electron chi connectivity index (χ2n) is 5.39. The molecule has 0 fully saturated rings. The van der Waals surface area contributed by atoms with Gasteiger partial charge >= 0.3 is 6.36 Å². The molecule has 0 aliphatic carbocycles. The van der Waals surface area contributed by atoms with Gasteiger partial charge in [0, 0.05) is 5.56 Å². The first-order valence-corrected chi connectivity index (χ1v) is 7.34. The van der Waals surface area contributed by atoms with Gasteiger partial charge < -0.3 is 10.5 Å². The second-order valence-corrected chi connectivity index (χ2v) is 5.39. The number of halogens is 3. The predicted octanol–water partition coefficient (Wildman–Crippen LogP) is 3.22. The fourth-order valence-electron chi connectivity index (χ4n) is 2.84. The summed E-state index contributed by atoms with van der Waals surface area (Å²) in [6.45, 7) is 0. The smallest absolute Gasteiger partial charge is 0.405 e. The Labute approximate surface area is 139 Å². The lowest BCUT2D eigenvalue weighted by Gasteiger charge is -2.25. The number of hydrogen-bond acceptors (Lipinski definition) is 5. The zero-order valence-corrected chi connectivity index (χ0v) is 12.7. The van der Waals surface area contributed by atoms with Crippen LogP contribution in [-0.2, 0) is 0 Å². The SMILES string of the molecule is NC1=NC(c2ccccc2OC(F)(F)F)n2c(nc3ccccc32)N1. The highest BCUT2D eigenvalue weighted by Gasteiger charge is 2.34. The quantitative estimate of drug-likeness (QED) is 0.746. The van der Waals surface area contributed by atoms with E-state index in [4.69, 9.17) is 5.73 Å². The zero-order chi connectivity index (χ0) is 17.6. The molecule has 0 saturated carbocycles. The summed E-state index contributed by atoms with van der Waals surface area (Å²) in [5.41, 5.74) is 7.42. The number of para-hydroxylation sites is 3. The molecule has 2 aromatic carbocycles. The number of ether oxygens (including phenoxy) is 1.